The van der Waals surface area contributed by atoms with Crippen molar-refractivity contribution in [3.8, 4) is 0 Å². The molecule has 7 nitrogen and oxygen atoms in total. The largest absolute Gasteiger partial charge is 0.462 e. The molecule has 1 aliphatic heterocycles. The van der Waals surface area contributed by atoms with Gasteiger partial charge in [0, 0.05) is 6.54 Å². The van der Waals surface area contributed by atoms with Crippen molar-refractivity contribution in [3.63, 3.8) is 0 Å². The summed E-state index contributed by atoms with van der Waals surface area (Å²) in [5, 5.41) is 3.25. The molecule has 24 heavy (non-hydrogen) atoms. The third-order valence-electron chi connectivity index (χ3n) is 3.81. The molecule has 0 unspecified atom stereocenters. The van der Waals surface area contributed by atoms with Gasteiger partial charge in [0.05, 0.1) is 17.9 Å². The van der Waals surface area contributed by atoms with Gasteiger partial charge in [-0.2, -0.15) is 4.31 Å². The Hall–Kier alpha value is -1.45. The Kier molecular flexibility index (Phi) is 6.00. The quantitative estimate of drug-likeness (QED) is 0.796. The Morgan fingerprint density at radius 2 is 2.12 bits per heavy atom. The van der Waals surface area contributed by atoms with Crippen LogP contribution in [0.25, 0.3) is 0 Å². The van der Waals surface area contributed by atoms with Gasteiger partial charge < -0.3 is 10.1 Å². The summed E-state index contributed by atoms with van der Waals surface area (Å²) in [5.41, 5.74) is 0.720. The highest BCUT2D eigenvalue weighted by Crippen LogP contribution is 2.29. The number of sulfonamides is 1. The maximum atomic E-state index is 12.5. The molecule has 1 aromatic heterocycles. The molecule has 1 aliphatic rings. The average Bonchev–Trinajstić information content (AvgIpc) is 2.87. The van der Waals surface area contributed by atoms with Crippen molar-refractivity contribution < 1.29 is 22.7 Å². The molecule has 2 heterocycles. The Morgan fingerprint density at radius 3 is 2.75 bits per heavy atom. The highest BCUT2D eigenvalue weighted by atomic mass is 32.2. The van der Waals surface area contributed by atoms with Crippen LogP contribution in [0, 0.1) is 6.92 Å². The lowest BCUT2D eigenvalue weighted by Gasteiger charge is -2.32. The fraction of sp³-hybridized carbons (Fsp3) is 0.600. The van der Waals surface area contributed by atoms with Gasteiger partial charge in [-0.15, -0.1) is 11.3 Å². The van der Waals surface area contributed by atoms with Gasteiger partial charge >= 0.3 is 5.97 Å². The van der Waals surface area contributed by atoms with Crippen LogP contribution < -0.4 is 5.32 Å². The molecular formula is C15H22N2O5S2. The molecule has 0 aliphatic carbocycles. The molecule has 134 valence electrons. The lowest BCUT2D eigenvalue weighted by Crippen LogP contribution is -2.49. The van der Waals surface area contributed by atoms with Crippen LogP contribution >= 0.6 is 11.3 Å². The molecule has 1 amide bonds. The molecule has 1 fully saturated rings. The van der Waals surface area contributed by atoms with Crippen LogP contribution in [0.4, 0.5) is 5.00 Å². The van der Waals surface area contributed by atoms with E-state index in [4.69, 9.17) is 4.74 Å². The van der Waals surface area contributed by atoms with E-state index in [1.807, 2.05) is 0 Å². The molecule has 2 rings (SSSR count). The van der Waals surface area contributed by atoms with E-state index in [0.29, 0.717) is 22.8 Å². The van der Waals surface area contributed by atoms with Gasteiger partial charge in [-0.1, -0.05) is 6.42 Å². The fourth-order valence-electron chi connectivity index (χ4n) is 2.71. The first-order valence-corrected chi connectivity index (χ1v) is 10.5. The second-order valence-electron chi connectivity index (χ2n) is 5.72. The van der Waals surface area contributed by atoms with Gasteiger partial charge in [-0.25, -0.2) is 13.2 Å². The van der Waals surface area contributed by atoms with Crippen LogP contribution in [-0.4, -0.2) is 50.0 Å². The number of thiophene rings is 1. The first-order valence-electron chi connectivity index (χ1n) is 7.79. The second kappa shape index (κ2) is 7.62. The SMILES string of the molecule is CCOC(=O)c1sc(NC(=O)[C@H]2CCCCN2S(C)(=O)=O)cc1C. The number of esters is 1. The number of rotatable bonds is 5. The van der Waals surface area contributed by atoms with Crippen LogP contribution in [-0.2, 0) is 19.6 Å². The number of hydrogen-bond donors (Lipinski definition) is 1. The summed E-state index contributed by atoms with van der Waals surface area (Å²) in [5.74, 6) is -0.785. The van der Waals surface area contributed by atoms with Crippen molar-refractivity contribution >= 4 is 38.2 Å². The summed E-state index contributed by atoms with van der Waals surface area (Å²) in [6.07, 6.45) is 3.17. The Bertz CT molecular complexity index is 726. The van der Waals surface area contributed by atoms with Gasteiger partial charge in [0.1, 0.15) is 10.9 Å². The predicted octanol–water partition coefficient (Wildman–Crippen LogP) is 1.99. The summed E-state index contributed by atoms with van der Waals surface area (Å²) >= 11 is 1.13. The Balaban J connectivity index is 2.14. The molecule has 0 radical (unpaired) electrons. The summed E-state index contributed by atoms with van der Waals surface area (Å²) in [6, 6.07) is 0.991. The van der Waals surface area contributed by atoms with Crippen LogP contribution in [0.3, 0.4) is 0 Å². The van der Waals surface area contributed by atoms with Gasteiger partial charge in [0.2, 0.25) is 15.9 Å². The smallest absolute Gasteiger partial charge is 0.348 e. The topological polar surface area (TPSA) is 92.8 Å². The molecule has 0 spiro atoms. The van der Waals surface area contributed by atoms with Crippen molar-refractivity contribution in [1.82, 2.24) is 4.31 Å². The maximum Gasteiger partial charge on any atom is 0.348 e. The number of hydrogen-bond acceptors (Lipinski definition) is 6. The van der Waals surface area contributed by atoms with E-state index in [0.717, 1.165) is 36.0 Å². The number of piperidine rings is 1. The Morgan fingerprint density at radius 1 is 1.42 bits per heavy atom. The van der Waals surface area contributed by atoms with Gasteiger partial charge in [-0.3, -0.25) is 4.79 Å². The highest BCUT2D eigenvalue weighted by Gasteiger charge is 2.34. The average molecular weight is 374 g/mol. The van der Waals surface area contributed by atoms with Crippen molar-refractivity contribution in [3.05, 3.63) is 16.5 Å². The molecule has 0 saturated carbocycles. The van der Waals surface area contributed by atoms with Crippen molar-refractivity contribution in [2.24, 2.45) is 0 Å². The molecule has 1 N–H and O–H groups in total. The number of amides is 1. The number of carbonyl (C=O) groups is 2. The maximum absolute atomic E-state index is 12.5. The third kappa shape index (κ3) is 4.34. The highest BCUT2D eigenvalue weighted by molar-refractivity contribution is 7.88. The predicted molar refractivity (Wildman–Crippen MR) is 92.8 cm³/mol. The minimum atomic E-state index is -3.43. The van der Waals surface area contributed by atoms with E-state index < -0.39 is 22.0 Å². The minimum Gasteiger partial charge on any atom is -0.462 e. The van der Waals surface area contributed by atoms with Gasteiger partial charge in [0.15, 0.2) is 0 Å². The molecule has 0 bridgehead atoms. The fourth-order valence-corrected chi connectivity index (χ4v) is 4.81. The number of anilines is 1. The number of carbonyl (C=O) groups excluding carboxylic acids is 2. The van der Waals surface area contributed by atoms with Crippen molar-refractivity contribution in [1.29, 1.82) is 0 Å². The number of aryl methyl sites for hydroxylation is 1. The zero-order chi connectivity index (χ0) is 17.9. The molecule has 1 aromatic rings. The van der Waals surface area contributed by atoms with Crippen LogP contribution in [0.2, 0.25) is 0 Å². The molecule has 9 heteroatoms. The molecule has 1 atom stereocenters. The summed E-state index contributed by atoms with van der Waals surface area (Å²) in [4.78, 5) is 24.8. The van der Waals surface area contributed by atoms with Gasteiger partial charge in [-0.05, 0) is 38.3 Å². The second-order valence-corrected chi connectivity index (χ2v) is 8.71. The number of nitrogens with zero attached hydrogens (tertiary/aromatic N) is 1. The van der Waals surface area contributed by atoms with E-state index in [2.05, 4.69) is 5.32 Å². The summed E-state index contributed by atoms with van der Waals surface area (Å²) in [6.45, 7) is 4.13. The first-order chi connectivity index (χ1) is 11.2. The molecule has 0 aromatic carbocycles. The lowest BCUT2D eigenvalue weighted by atomic mass is 10.0. The first kappa shape index (κ1) is 18.9. The van der Waals surface area contributed by atoms with E-state index in [9.17, 15) is 18.0 Å². The zero-order valence-corrected chi connectivity index (χ0v) is 15.6. The third-order valence-corrected chi connectivity index (χ3v) is 6.23. The number of ether oxygens (including phenoxy) is 1. The summed E-state index contributed by atoms with van der Waals surface area (Å²) < 4.78 is 29.9. The minimum absolute atomic E-state index is 0.281. The van der Waals surface area contributed by atoms with Crippen molar-refractivity contribution in [2.45, 2.75) is 39.2 Å². The normalized spacial score (nSPS) is 19.0. The van der Waals surface area contributed by atoms with E-state index >= 15 is 0 Å². The Labute approximate surface area is 146 Å². The standard InChI is InChI=1S/C15H22N2O5S2/c1-4-22-15(19)13-10(2)9-12(23-13)16-14(18)11-7-5-6-8-17(11)24(3,20)21/h9,11H,4-8H2,1-3H3,(H,16,18)/t11-/m1/s1. The van der Waals surface area contributed by atoms with Gasteiger partial charge in [0.25, 0.3) is 0 Å². The molecule has 1 saturated heterocycles. The number of nitrogens with one attached hydrogen (secondary N) is 1. The van der Waals surface area contributed by atoms with E-state index in [1.54, 1.807) is 19.9 Å². The van der Waals surface area contributed by atoms with E-state index in [1.165, 1.54) is 4.31 Å². The summed E-state index contributed by atoms with van der Waals surface area (Å²) in [7, 11) is -3.43. The van der Waals surface area contributed by atoms with Crippen molar-refractivity contribution in [2.75, 3.05) is 24.7 Å². The van der Waals surface area contributed by atoms with Crippen LogP contribution in [0.1, 0.15) is 41.4 Å². The monoisotopic (exact) mass is 374 g/mol. The lowest BCUT2D eigenvalue weighted by molar-refractivity contribution is -0.120. The zero-order valence-electron chi connectivity index (χ0n) is 14.0. The van der Waals surface area contributed by atoms with E-state index in [-0.39, 0.29) is 12.5 Å². The van der Waals surface area contributed by atoms with Crippen LogP contribution in [0.15, 0.2) is 6.07 Å². The molecular weight excluding hydrogens is 352 g/mol. The van der Waals surface area contributed by atoms with Crippen LogP contribution in [0.5, 0.6) is 0 Å².